The van der Waals surface area contributed by atoms with Crippen molar-refractivity contribution in [1.29, 1.82) is 0 Å². The van der Waals surface area contributed by atoms with Crippen LogP contribution in [0.2, 0.25) is 0 Å². The first-order chi connectivity index (χ1) is 13.7. The number of hydrogen-bond donors (Lipinski definition) is 3. The fourth-order valence-electron chi connectivity index (χ4n) is 8.81. The van der Waals surface area contributed by atoms with Gasteiger partial charge in [0.2, 0.25) is 0 Å². The van der Waals surface area contributed by atoms with Gasteiger partial charge >= 0.3 is 5.97 Å². The lowest BCUT2D eigenvalue weighted by Gasteiger charge is -2.61. The number of fused-ring (bicyclic) bond motifs is 5. The minimum atomic E-state index is -0.680. The molecule has 0 spiro atoms. The van der Waals surface area contributed by atoms with Gasteiger partial charge in [0.15, 0.2) is 0 Å². The van der Waals surface area contributed by atoms with Crippen molar-refractivity contribution >= 4 is 5.97 Å². The van der Waals surface area contributed by atoms with E-state index in [1.54, 1.807) is 0 Å². The largest absolute Gasteiger partial charge is 0.481 e. The molecular formula is C25H42O4. The van der Waals surface area contributed by atoms with E-state index in [1.165, 1.54) is 19.3 Å². The van der Waals surface area contributed by atoms with Crippen LogP contribution >= 0.6 is 0 Å². The van der Waals surface area contributed by atoms with Crippen LogP contribution in [0.3, 0.4) is 0 Å². The zero-order valence-electron chi connectivity index (χ0n) is 18.6. The highest BCUT2D eigenvalue weighted by atomic mass is 16.4. The van der Waals surface area contributed by atoms with Gasteiger partial charge in [0, 0.05) is 6.42 Å². The van der Waals surface area contributed by atoms with Gasteiger partial charge in [-0.3, -0.25) is 4.79 Å². The molecule has 0 radical (unpaired) electrons. The van der Waals surface area contributed by atoms with Crippen molar-refractivity contribution in [2.24, 2.45) is 52.8 Å². The summed E-state index contributed by atoms with van der Waals surface area (Å²) in [7, 11) is 0. The first-order valence-corrected chi connectivity index (χ1v) is 12.3. The van der Waals surface area contributed by atoms with E-state index < -0.39 is 5.97 Å². The minimum Gasteiger partial charge on any atom is -0.481 e. The number of carboxylic acids is 1. The van der Waals surface area contributed by atoms with Crippen LogP contribution in [0.5, 0.6) is 0 Å². The van der Waals surface area contributed by atoms with Crippen LogP contribution < -0.4 is 0 Å². The third-order valence-electron chi connectivity index (χ3n) is 10.2. The smallest absolute Gasteiger partial charge is 0.303 e. The van der Waals surface area contributed by atoms with E-state index >= 15 is 0 Å². The van der Waals surface area contributed by atoms with E-state index in [2.05, 4.69) is 20.8 Å². The molecule has 0 aromatic heterocycles. The molecule has 0 unspecified atom stereocenters. The Morgan fingerprint density at radius 1 is 1.10 bits per heavy atom. The molecular weight excluding hydrogens is 364 g/mol. The summed E-state index contributed by atoms with van der Waals surface area (Å²) in [5.74, 6) is 4.11. The number of aliphatic hydroxyl groups is 2. The second-order valence-corrected chi connectivity index (χ2v) is 11.6. The molecule has 0 aliphatic heterocycles. The Morgan fingerprint density at radius 3 is 2.59 bits per heavy atom. The van der Waals surface area contributed by atoms with E-state index in [4.69, 9.17) is 5.11 Å². The summed E-state index contributed by atoms with van der Waals surface area (Å²) in [5.41, 5.74) is 0.285. The zero-order chi connectivity index (χ0) is 20.9. The molecule has 0 saturated heterocycles. The Labute approximate surface area is 176 Å². The van der Waals surface area contributed by atoms with E-state index in [-0.39, 0.29) is 24.0 Å². The number of carbonyl (C=O) groups is 1. The Hall–Kier alpha value is -0.610. The molecule has 4 aliphatic rings. The summed E-state index contributed by atoms with van der Waals surface area (Å²) in [6.45, 7) is 7.26. The van der Waals surface area contributed by atoms with Crippen LogP contribution in [-0.2, 0) is 4.79 Å². The average Bonchev–Trinajstić information content (AvgIpc) is 3.09. The van der Waals surface area contributed by atoms with Crippen molar-refractivity contribution < 1.29 is 20.1 Å². The van der Waals surface area contributed by atoms with Gasteiger partial charge < -0.3 is 15.3 Å². The number of aliphatic hydroxyl groups excluding tert-OH is 2. The van der Waals surface area contributed by atoms with Crippen LogP contribution in [0.4, 0.5) is 0 Å². The van der Waals surface area contributed by atoms with E-state index in [1.807, 2.05) is 0 Å². The second kappa shape index (κ2) is 8.15. The van der Waals surface area contributed by atoms with Crippen LogP contribution in [0.1, 0.15) is 85.0 Å². The van der Waals surface area contributed by atoms with Gasteiger partial charge in [-0.15, -0.1) is 0 Å². The van der Waals surface area contributed by atoms with E-state index in [0.29, 0.717) is 47.3 Å². The molecule has 0 heterocycles. The van der Waals surface area contributed by atoms with Crippen molar-refractivity contribution in [3.05, 3.63) is 0 Å². The third kappa shape index (κ3) is 3.78. The molecule has 0 bridgehead atoms. The van der Waals surface area contributed by atoms with Gasteiger partial charge in [0.25, 0.3) is 0 Å². The Morgan fingerprint density at radius 2 is 1.86 bits per heavy atom. The van der Waals surface area contributed by atoms with E-state index in [9.17, 15) is 15.0 Å². The Bertz CT molecular complexity index is 606. The predicted octanol–water partition coefficient (Wildman–Crippen LogP) is 4.72. The zero-order valence-corrected chi connectivity index (χ0v) is 18.6. The van der Waals surface area contributed by atoms with Gasteiger partial charge in [0.05, 0.1) is 12.2 Å². The lowest BCUT2D eigenvalue weighted by molar-refractivity contribution is -0.168. The van der Waals surface area contributed by atoms with Gasteiger partial charge in [-0.2, -0.15) is 0 Å². The molecule has 0 aromatic carbocycles. The molecule has 11 atom stereocenters. The molecule has 4 saturated carbocycles. The van der Waals surface area contributed by atoms with Gasteiger partial charge in [-0.05, 0) is 111 Å². The molecule has 0 amide bonds. The molecule has 0 aromatic rings. The molecule has 4 rings (SSSR count). The minimum absolute atomic E-state index is 0.173. The fourth-order valence-corrected chi connectivity index (χ4v) is 8.81. The highest BCUT2D eigenvalue weighted by molar-refractivity contribution is 5.66. The van der Waals surface area contributed by atoms with Crippen molar-refractivity contribution in [3.8, 4) is 0 Å². The highest BCUT2D eigenvalue weighted by Gasteiger charge is 2.60. The molecule has 166 valence electrons. The lowest BCUT2D eigenvalue weighted by Crippen LogP contribution is -2.58. The van der Waals surface area contributed by atoms with Crippen molar-refractivity contribution in [3.63, 3.8) is 0 Å². The summed E-state index contributed by atoms with van der Waals surface area (Å²) in [4.78, 5) is 10.9. The fraction of sp³-hybridized carbons (Fsp3) is 0.960. The number of rotatable bonds is 5. The topological polar surface area (TPSA) is 77.8 Å². The number of carboxylic acid groups (broad SMARTS) is 1. The molecule has 4 aliphatic carbocycles. The SMILES string of the molecule is C[C@H](CCCC(=O)O)[C@H]1CC[C@@H]2[C@@H]1[C@H](C)C[C@H]1[C@H]2[C@H](O)C[C@@H]2C[C@H](O)CC[C@@]21C. The van der Waals surface area contributed by atoms with Crippen LogP contribution in [-0.4, -0.2) is 33.5 Å². The molecule has 4 nitrogen and oxygen atoms in total. The third-order valence-corrected chi connectivity index (χ3v) is 10.2. The normalized spacial score (nSPS) is 50.3. The first-order valence-electron chi connectivity index (χ1n) is 12.3. The summed E-state index contributed by atoms with van der Waals surface area (Å²) < 4.78 is 0. The number of aliphatic carboxylic acids is 1. The average molecular weight is 407 g/mol. The summed E-state index contributed by atoms with van der Waals surface area (Å²) in [6, 6.07) is 0. The maximum absolute atomic E-state index is 11.3. The summed E-state index contributed by atoms with van der Waals surface area (Å²) >= 11 is 0. The maximum Gasteiger partial charge on any atom is 0.303 e. The van der Waals surface area contributed by atoms with Crippen LogP contribution in [0.15, 0.2) is 0 Å². The van der Waals surface area contributed by atoms with Crippen LogP contribution in [0, 0.1) is 52.8 Å². The lowest BCUT2D eigenvalue weighted by atomic mass is 9.44. The monoisotopic (exact) mass is 406 g/mol. The molecule has 29 heavy (non-hydrogen) atoms. The van der Waals surface area contributed by atoms with Crippen molar-refractivity contribution in [2.75, 3.05) is 0 Å². The van der Waals surface area contributed by atoms with Gasteiger partial charge in [0.1, 0.15) is 0 Å². The number of hydrogen-bond acceptors (Lipinski definition) is 3. The summed E-state index contributed by atoms with van der Waals surface area (Å²) in [6.07, 6.45) is 9.24. The first kappa shape index (κ1) is 21.6. The Kier molecular flexibility index (Phi) is 6.07. The van der Waals surface area contributed by atoms with Crippen molar-refractivity contribution in [1.82, 2.24) is 0 Å². The van der Waals surface area contributed by atoms with Gasteiger partial charge in [-0.25, -0.2) is 0 Å². The van der Waals surface area contributed by atoms with Crippen molar-refractivity contribution in [2.45, 2.75) is 97.2 Å². The highest BCUT2D eigenvalue weighted by Crippen LogP contribution is 2.65. The predicted molar refractivity (Wildman–Crippen MR) is 113 cm³/mol. The molecule has 3 N–H and O–H groups in total. The standard InChI is InChI=1S/C25H42O4/c1-14(5-4-6-22(28)29)18-7-8-19-23(18)15(2)11-20-24(19)21(27)13-16-12-17(26)9-10-25(16,20)3/h14-21,23-24,26-27H,4-13H2,1-3H3,(H,28,29)/t14-,15-,16+,17-,18-,19-,20+,21-,23-,24+,25+/m1/s1. The molecule has 4 fully saturated rings. The quantitative estimate of drug-likeness (QED) is 0.617. The van der Waals surface area contributed by atoms with Crippen LogP contribution in [0.25, 0.3) is 0 Å². The molecule has 4 heteroatoms. The Balaban J connectivity index is 1.51. The van der Waals surface area contributed by atoms with E-state index in [0.717, 1.165) is 38.5 Å². The van der Waals surface area contributed by atoms with Gasteiger partial charge in [-0.1, -0.05) is 20.8 Å². The summed E-state index contributed by atoms with van der Waals surface area (Å²) in [5, 5.41) is 30.5. The second-order valence-electron chi connectivity index (χ2n) is 11.6. The maximum atomic E-state index is 11.3.